The molecule has 3 rings (SSSR count). The van der Waals surface area contributed by atoms with E-state index < -0.39 is 0 Å². The summed E-state index contributed by atoms with van der Waals surface area (Å²) in [4.78, 5) is 0. The van der Waals surface area contributed by atoms with Gasteiger partial charge in [-0.15, -0.1) is 0 Å². The second-order valence-electron chi connectivity index (χ2n) is 5.44. The fourth-order valence-electron chi connectivity index (χ4n) is 2.80. The molecule has 2 nitrogen and oxygen atoms in total. The Morgan fingerprint density at radius 1 is 1.14 bits per heavy atom. The summed E-state index contributed by atoms with van der Waals surface area (Å²) in [6.07, 6.45) is 0.995. The molecule has 0 spiro atoms. The molecule has 0 saturated carbocycles. The summed E-state index contributed by atoms with van der Waals surface area (Å²) in [7, 11) is 0. The lowest BCUT2D eigenvalue weighted by molar-refractivity contribution is 0.354. The lowest BCUT2D eigenvalue weighted by Gasteiger charge is -2.15. The van der Waals surface area contributed by atoms with Crippen molar-refractivity contribution < 1.29 is 4.74 Å². The summed E-state index contributed by atoms with van der Waals surface area (Å²) >= 11 is 7.23. The van der Waals surface area contributed by atoms with Gasteiger partial charge in [0.1, 0.15) is 5.75 Å². The third kappa shape index (κ3) is 3.11. The van der Waals surface area contributed by atoms with E-state index in [9.17, 15) is 0 Å². The van der Waals surface area contributed by atoms with E-state index in [0.29, 0.717) is 0 Å². The summed E-state index contributed by atoms with van der Waals surface area (Å²) in [5.41, 5.74) is 6.14. The van der Waals surface area contributed by atoms with Crippen molar-refractivity contribution in [1.29, 1.82) is 0 Å². The second kappa shape index (κ2) is 6.01. The molecular weight excluding hydrogens is 394 g/mol. The van der Waals surface area contributed by atoms with Gasteiger partial charge in [0.2, 0.25) is 0 Å². The zero-order valence-corrected chi connectivity index (χ0v) is 15.3. The molecule has 110 valence electrons. The molecule has 0 amide bonds. The fourth-order valence-corrected chi connectivity index (χ4v) is 4.17. The van der Waals surface area contributed by atoms with Crippen LogP contribution in [0.5, 0.6) is 5.75 Å². The van der Waals surface area contributed by atoms with Gasteiger partial charge in [-0.2, -0.15) is 0 Å². The molecule has 0 fully saturated rings. The first-order valence-electron chi connectivity index (χ1n) is 6.99. The maximum absolute atomic E-state index is 5.78. The Bertz CT molecular complexity index is 674. The Morgan fingerprint density at radius 3 is 2.71 bits per heavy atom. The van der Waals surface area contributed by atoms with Crippen LogP contribution in [0, 0.1) is 13.8 Å². The normalized spacial score (nSPS) is 13.0. The van der Waals surface area contributed by atoms with Crippen molar-refractivity contribution in [1.82, 2.24) is 0 Å². The largest absolute Gasteiger partial charge is 0.493 e. The van der Waals surface area contributed by atoms with Crippen LogP contribution in [0.3, 0.4) is 0 Å². The first kappa shape index (κ1) is 14.9. The Morgan fingerprint density at radius 2 is 1.95 bits per heavy atom. The maximum Gasteiger partial charge on any atom is 0.127 e. The lowest BCUT2D eigenvalue weighted by atomic mass is 10.1. The first-order valence-corrected chi connectivity index (χ1v) is 8.58. The number of hydrogen-bond acceptors (Lipinski definition) is 2. The Kier molecular flexibility index (Phi) is 4.27. The number of anilines is 1. The highest BCUT2D eigenvalue weighted by Crippen LogP contribution is 2.34. The van der Waals surface area contributed by atoms with Gasteiger partial charge in [-0.25, -0.2) is 0 Å². The van der Waals surface area contributed by atoms with Crippen LogP contribution in [-0.2, 0) is 13.0 Å². The molecule has 0 unspecified atom stereocenters. The number of hydrogen-bond donors (Lipinski definition) is 1. The topological polar surface area (TPSA) is 21.3 Å². The average molecular weight is 411 g/mol. The minimum Gasteiger partial charge on any atom is -0.493 e. The van der Waals surface area contributed by atoms with Crippen LogP contribution in [0.25, 0.3) is 0 Å². The van der Waals surface area contributed by atoms with Crippen molar-refractivity contribution in [3.63, 3.8) is 0 Å². The zero-order valence-electron chi connectivity index (χ0n) is 12.1. The van der Waals surface area contributed by atoms with E-state index in [0.717, 1.165) is 40.0 Å². The number of fused-ring (bicyclic) bond motifs is 1. The molecule has 0 radical (unpaired) electrons. The summed E-state index contributed by atoms with van der Waals surface area (Å²) in [5, 5.41) is 3.53. The first-order chi connectivity index (χ1) is 10.0. The van der Waals surface area contributed by atoms with Crippen LogP contribution in [0.2, 0.25) is 0 Å². The highest BCUT2D eigenvalue weighted by Gasteiger charge is 2.17. The summed E-state index contributed by atoms with van der Waals surface area (Å²) in [5.74, 6) is 1.05. The smallest absolute Gasteiger partial charge is 0.127 e. The van der Waals surface area contributed by atoms with Gasteiger partial charge in [0.25, 0.3) is 0 Å². The minimum absolute atomic E-state index is 0.754. The molecule has 1 aliphatic heterocycles. The lowest BCUT2D eigenvalue weighted by Crippen LogP contribution is -2.04. The van der Waals surface area contributed by atoms with E-state index in [4.69, 9.17) is 4.74 Å². The third-order valence-corrected chi connectivity index (χ3v) is 4.80. The van der Waals surface area contributed by atoms with E-state index in [-0.39, 0.29) is 0 Å². The minimum atomic E-state index is 0.754. The molecule has 1 N–H and O–H groups in total. The monoisotopic (exact) mass is 409 g/mol. The van der Waals surface area contributed by atoms with Crippen LogP contribution in [0.4, 0.5) is 5.69 Å². The maximum atomic E-state index is 5.78. The van der Waals surface area contributed by atoms with Gasteiger partial charge < -0.3 is 10.1 Å². The SMILES string of the molecule is Cc1cc(C)c(NCc2cc(Br)cc3c2OCC3)c(Br)c1. The van der Waals surface area contributed by atoms with Crippen molar-refractivity contribution in [2.24, 2.45) is 0 Å². The van der Waals surface area contributed by atoms with Crippen molar-refractivity contribution in [2.45, 2.75) is 26.8 Å². The van der Waals surface area contributed by atoms with E-state index in [1.54, 1.807) is 0 Å². The average Bonchev–Trinajstić information content (AvgIpc) is 2.85. The van der Waals surface area contributed by atoms with E-state index in [1.807, 2.05) is 0 Å². The quantitative estimate of drug-likeness (QED) is 0.733. The Labute approximate surface area is 142 Å². The van der Waals surface area contributed by atoms with Crippen LogP contribution >= 0.6 is 31.9 Å². The van der Waals surface area contributed by atoms with E-state index in [2.05, 4.69) is 75.3 Å². The van der Waals surface area contributed by atoms with Gasteiger partial charge in [0.05, 0.1) is 12.3 Å². The van der Waals surface area contributed by atoms with Gasteiger partial charge in [-0.3, -0.25) is 0 Å². The molecule has 0 atom stereocenters. The predicted molar refractivity (Wildman–Crippen MR) is 94.3 cm³/mol. The van der Waals surface area contributed by atoms with Crippen LogP contribution in [-0.4, -0.2) is 6.61 Å². The summed E-state index contributed by atoms with van der Waals surface area (Å²) in [6, 6.07) is 8.61. The molecule has 21 heavy (non-hydrogen) atoms. The van der Waals surface area contributed by atoms with E-state index >= 15 is 0 Å². The van der Waals surface area contributed by atoms with Crippen LogP contribution in [0.1, 0.15) is 22.3 Å². The third-order valence-electron chi connectivity index (χ3n) is 3.71. The molecule has 4 heteroatoms. The van der Waals surface area contributed by atoms with Crippen molar-refractivity contribution >= 4 is 37.5 Å². The summed E-state index contributed by atoms with van der Waals surface area (Å²) in [6.45, 7) is 5.77. The molecule has 2 aromatic rings. The Hall–Kier alpha value is -1.00. The van der Waals surface area contributed by atoms with Crippen LogP contribution < -0.4 is 10.1 Å². The summed E-state index contributed by atoms with van der Waals surface area (Å²) < 4.78 is 8.00. The van der Waals surface area contributed by atoms with Gasteiger partial charge in [0.15, 0.2) is 0 Å². The molecule has 1 aliphatic rings. The molecule has 0 saturated heterocycles. The number of ether oxygens (including phenoxy) is 1. The molecule has 1 heterocycles. The molecule has 0 bridgehead atoms. The number of nitrogens with one attached hydrogen (secondary N) is 1. The number of benzene rings is 2. The molecule has 2 aromatic carbocycles. The number of aryl methyl sites for hydroxylation is 2. The van der Waals surface area contributed by atoms with Crippen molar-refractivity contribution in [3.8, 4) is 5.75 Å². The predicted octanol–water partition coefficient (Wildman–Crippen LogP) is 5.38. The van der Waals surface area contributed by atoms with Crippen LogP contribution in [0.15, 0.2) is 33.2 Å². The standard InChI is InChI=1S/C17H17Br2NO/c1-10-5-11(2)16(15(19)6-10)20-9-13-8-14(18)7-12-3-4-21-17(12)13/h5-8,20H,3-4,9H2,1-2H3. The molecule has 0 aromatic heterocycles. The highest BCUT2D eigenvalue weighted by atomic mass is 79.9. The van der Waals surface area contributed by atoms with Gasteiger partial charge in [-0.05, 0) is 64.7 Å². The Balaban J connectivity index is 1.86. The number of halogens is 2. The van der Waals surface area contributed by atoms with Gasteiger partial charge in [0, 0.05) is 27.5 Å². The van der Waals surface area contributed by atoms with Crippen molar-refractivity contribution in [3.05, 3.63) is 55.5 Å². The second-order valence-corrected chi connectivity index (χ2v) is 7.21. The van der Waals surface area contributed by atoms with E-state index in [1.165, 1.54) is 22.3 Å². The van der Waals surface area contributed by atoms with Gasteiger partial charge >= 0.3 is 0 Å². The zero-order chi connectivity index (χ0) is 15.0. The molecule has 0 aliphatic carbocycles. The van der Waals surface area contributed by atoms with Gasteiger partial charge in [-0.1, -0.05) is 22.0 Å². The van der Waals surface area contributed by atoms with Crippen molar-refractivity contribution in [2.75, 3.05) is 11.9 Å². The highest BCUT2D eigenvalue weighted by molar-refractivity contribution is 9.10. The number of rotatable bonds is 3. The fraction of sp³-hybridized carbons (Fsp3) is 0.294. The molecular formula is C17H17Br2NO.